The highest BCUT2D eigenvalue weighted by molar-refractivity contribution is 9.10. The highest BCUT2D eigenvalue weighted by Gasteiger charge is 2.15. The van der Waals surface area contributed by atoms with E-state index in [1.165, 1.54) is 6.07 Å². The van der Waals surface area contributed by atoms with Gasteiger partial charge in [-0.1, -0.05) is 52.3 Å². The highest BCUT2D eigenvalue weighted by atomic mass is 79.9. The molecule has 0 aromatic heterocycles. The minimum Gasteiger partial charge on any atom is -0.271 e. The number of nitrogens with one attached hydrogen (secondary N) is 1. The van der Waals surface area contributed by atoms with Crippen molar-refractivity contribution in [3.05, 3.63) is 69.9 Å². The Morgan fingerprint density at radius 1 is 1.17 bits per heavy atom. The second-order valence-corrected chi connectivity index (χ2v) is 4.99. The van der Waals surface area contributed by atoms with Gasteiger partial charge in [0.25, 0.3) is 0 Å². The number of hydrogen-bond acceptors (Lipinski definition) is 2. The Hall–Kier alpha value is -1.23. The standard InChI is InChI=1S/C14H14BrFN2/c15-11-6-7-12(13(16)9-11)14(18-17)8-10-4-2-1-3-5-10/h1-7,9,14,18H,8,17H2. The second kappa shape index (κ2) is 6.09. The maximum Gasteiger partial charge on any atom is 0.129 e. The van der Waals surface area contributed by atoms with Crippen molar-refractivity contribution in [2.75, 3.05) is 0 Å². The summed E-state index contributed by atoms with van der Waals surface area (Å²) in [5, 5.41) is 0. The SMILES string of the molecule is NNC(Cc1ccccc1)c1ccc(Br)cc1F. The summed E-state index contributed by atoms with van der Waals surface area (Å²) in [5.74, 6) is 5.27. The van der Waals surface area contributed by atoms with Crippen LogP contribution in [0.3, 0.4) is 0 Å². The van der Waals surface area contributed by atoms with Crippen molar-refractivity contribution in [3.8, 4) is 0 Å². The lowest BCUT2D eigenvalue weighted by atomic mass is 9.99. The van der Waals surface area contributed by atoms with Gasteiger partial charge in [-0.3, -0.25) is 11.3 Å². The molecule has 0 fully saturated rings. The summed E-state index contributed by atoms with van der Waals surface area (Å²) in [6, 6.07) is 14.6. The molecule has 2 nitrogen and oxygen atoms in total. The van der Waals surface area contributed by atoms with E-state index in [1.54, 1.807) is 6.07 Å². The molecule has 0 saturated heterocycles. The van der Waals surface area contributed by atoms with Crippen molar-refractivity contribution in [3.63, 3.8) is 0 Å². The van der Waals surface area contributed by atoms with Crippen LogP contribution in [0.4, 0.5) is 4.39 Å². The Balaban J connectivity index is 2.23. The van der Waals surface area contributed by atoms with Crippen LogP contribution >= 0.6 is 15.9 Å². The fourth-order valence-corrected chi connectivity index (χ4v) is 2.23. The van der Waals surface area contributed by atoms with Gasteiger partial charge in [0, 0.05) is 10.0 Å². The zero-order valence-corrected chi connectivity index (χ0v) is 11.3. The van der Waals surface area contributed by atoms with E-state index in [0.717, 1.165) is 10.0 Å². The number of nitrogens with two attached hydrogens (primary N) is 1. The van der Waals surface area contributed by atoms with Gasteiger partial charge in [-0.25, -0.2) is 4.39 Å². The van der Waals surface area contributed by atoms with Crippen LogP contribution in [0.15, 0.2) is 53.0 Å². The molecule has 1 unspecified atom stereocenters. The molecular formula is C14H14BrFN2. The molecule has 0 amide bonds. The van der Waals surface area contributed by atoms with Crippen molar-refractivity contribution in [2.24, 2.45) is 5.84 Å². The zero-order chi connectivity index (χ0) is 13.0. The Morgan fingerprint density at radius 3 is 2.50 bits per heavy atom. The normalized spacial score (nSPS) is 12.4. The maximum atomic E-state index is 13.9. The lowest BCUT2D eigenvalue weighted by Crippen LogP contribution is -2.30. The molecule has 0 spiro atoms. The number of benzene rings is 2. The number of halogens is 2. The van der Waals surface area contributed by atoms with Crippen LogP contribution in [-0.2, 0) is 6.42 Å². The molecule has 2 rings (SSSR count). The van der Waals surface area contributed by atoms with E-state index < -0.39 is 0 Å². The summed E-state index contributed by atoms with van der Waals surface area (Å²) >= 11 is 3.24. The van der Waals surface area contributed by atoms with Crippen LogP contribution in [0.2, 0.25) is 0 Å². The summed E-state index contributed by atoms with van der Waals surface area (Å²) < 4.78 is 14.6. The monoisotopic (exact) mass is 308 g/mol. The van der Waals surface area contributed by atoms with Gasteiger partial charge in [0.15, 0.2) is 0 Å². The number of hydrazine groups is 1. The quantitative estimate of drug-likeness (QED) is 0.671. The maximum absolute atomic E-state index is 13.9. The molecule has 0 heterocycles. The molecule has 2 aromatic carbocycles. The average molecular weight is 309 g/mol. The summed E-state index contributed by atoms with van der Waals surface area (Å²) in [7, 11) is 0. The zero-order valence-electron chi connectivity index (χ0n) is 9.74. The summed E-state index contributed by atoms with van der Waals surface area (Å²) in [6.07, 6.45) is 0.649. The van der Waals surface area contributed by atoms with Gasteiger partial charge in [0.05, 0.1) is 6.04 Å². The lowest BCUT2D eigenvalue weighted by Gasteiger charge is -2.17. The molecule has 0 aliphatic heterocycles. The van der Waals surface area contributed by atoms with Gasteiger partial charge >= 0.3 is 0 Å². The van der Waals surface area contributed by atoms with Crippen molar-refractivity contribution >= 4 is 15.9 Å². The minimum atomic E-state index is -0.261. The number of rotatable bonds is 4. The molecule has 4 heteroatoms. The fourth-order valence-electron chi connectivity index (χ4n) is 1.89. The first-order chi connectivity index (χ1) is 8.70. The summed E-state index contributed by atoms with van der Waals surface area (Å²) in [5.41, 5.74) is 4.36. The molecule has 0 saturated carbocycles. The smallest absolute Gasteiger partial charge is 0.129 e. The molecule has 0 bridgehead atoms. The Kier molecular flexibility index (Phi) is 4.47. The Morgan fingerprint density at radius 2 is 1.89 bits per heavy atom. The predicted molar refractivity (Wildman–Crippen MR) is 74.3 cm³/mol. The van der Waals surface area contributed by atoms with E-state index in [4.69, 9.17) is 5.84 Å². The van der Waals surface area contributed by atoms with E-state index in [9.17, 15) is 4.39 Å². The van der Waals surface area contributed by atoms with Crippen molar-refractivity contribution in [1.82, 2.24) is 5.43 Å². The van der Waals surface area contributed by atoms with Crippen LogP contribution in [-0.4, -0.2) is 0 Å². The Labute approximate surface area is 114 Å². The van der Waals surface area contributed by atoms with Crippen molar-refractivity contribution in [1.29, 1.82) is 0 Å². The third-order valence-corrected chi connectivity index (χ3v) is 3.31. The average Bonchev–Trinajstić information content (AvgIpc) is 2.38. The first-order valence-electron chi connectivity index (χ1n) is 5.65. The van der Waals surface area contributed by atoms with Gasteiger partial charge in [-0.15, -0.1) is 0 Å². The molecule has 94 valence electrons. The van der Waals surface area contributed by atoms with Gasteiger partial charge in [0.2, 0.25) is 0 Å². The largest absolute Gasteiger partial charge is 0.271 e. The topological polar surface area (TPSA) is 38.0 Å². The second-order valence-electron chi connectivity index (χ2n) is 4.07. The van der Waals surface area contributed by atoms with Crippen LogP contribution in [0.5, 0.6) is 0 Å². The van der Waals surface area contributed by atoms with Gasteiger partial charge in [-0.2, -0.15) is 0 Å². The Bertz CT molecular complexity index is 516. The molecule has 0 aliphatic rings. The van der Waals surface area contributed by atoms with Crippen LogP contribution in [0.1, 0.15) is 17.2 Å². The number of hydrogen-bond donors (Lipinski definition) is 2. The van der Waals surface area contributed by atoms with Crippen molar-refractivity contribution in [2.45, 2.75) is 12.5 Å². The molecular weight excluding hydrogens is 295 g/mol. The lowest BCUT2D eigenvalue weighted by molar-refractivity contribution is 0.510. The summed E-state index contributed by atoms with van der Waals surface area (Å²) in [4.78, 5) is 0. The van der Waals surface area contributed by atoms with Crippen LogP contribution in [0.25, 0.3) is 0 Å². The summed E-state index contributed by atoms with van der Waals surface area (Å²) in [6.45, 7) is 0. The van der Waals surface area contributed by atoms with Gasteiger partial charge < -0.3 is 0 Å². The van der Waals surface area contributed by atoms with Crippen molar-refractivity contribution < 1.29 is 4.39 Å². The highest BCUT2D eigenvalue weighted by Crippen LogP contribution is 2.23. The van der Waals surface area contributed by atoms with Gasteiger partial charge in [-0.05, 0) is 24.1 Å². The molecule has 3 N–H and O–H groups in total. The van der Waals surface area contributed by atoms with E-state index in [2.05, 4.69) is 21.4 Å². The van der Waals surface area contributed by atoms with E-state index in [1.807, 2.05) is 36.4 Å². The molecule has 1 atom stereocenters. The minimum absolute atomic E-state index is 0.236. The molecule has 0 radical (unpaired) electrons. The van der Waals surface area contributed by atoms with E-state index in [0.29, 0.717) is 12.0 Å². The fraction of sp³-hybridized carbons (Fsp3) is 0.143. The van der Waals surface area contributed by atoms with E-state index >= 15 is 0 Å². The molecule has 0 aliphatic carbocycles. The molecule has 18 heavy (non-hydrogen) atoms. The first-order valence-corrected chi connectivity index (χ1v) is 6.45. The third-order valence-electron chi connectivity index (χ3n) is 2.82. The molecule has 2 aromatic rings. The van der Waals surface area contributed by atoms with Crippen LogP contribution in [0, 0.1) is 5.82 Å². The predicted octanol–water partition coefficient (Wildman–Crippen LogP) is 3.34. The third kappa shape index (κ3) is 3.16. The van der Waals surface area contributed by atoms with Crippen LogP contribution < -0.4 is 11.3 Å². The van der Waals surface area contributed by atoms with E-state index in [-0.39, 0.29) is 11.9 Å². The first kappa shape index (κ1) is 13.2. The van der Waals surface area contributed by atoms with Gasteiger partial charge in [0.1, 0.15) is 5.82 Å².